The number of pyridine rings is 1. The minimum absolute atomic E-state index is 0.491. The van der Waals surface area contributed by atoms with Gasteiger partial charge in [0.25, 0.3) is 0 Å². The van der Waals surface area contributed by atoms with E-state index in [-0.39, 0.29) is 0 Å². The van der Waals surface area contributed by atoms with Crippen molar-refractivity contribution in [1.82, 2.24) is 4.98 Å². The minimum Gasteiger partial charge on any atom is -0.256 e. The summed E-state index contributed by atoms with van der Waals surface area (Å²) in [6.07, 6.45) is 1.84. The Morgan fingerprint density at radius 1 is 1.00 bits per heavy atom. The zero-order chi connectivity index (χ0) is 14.1. The molecule has 0 aliphatic rings. The van der Waals surface area contributed by atoms with Crippen LogP contribution in [0, 0.1) is 0 Å². The lowest BCUT2D eigenvalue weighted by molar-refractivity contribution is 0.869. The van der Waals surface area contributed by atoms with E-state index >= 15 is 0 Å². The molecule has 0 spiro atoms. The molecule has 0 atom stereocenters. The molecule has 0 saturated heterocycles. The summed E-state index contributed by atoms with van der Waals surface area (Å²) in [6, 6.07) is 16.5. The molecule has 2 aromatic carbocycles. The molecule has 0 amide bonds. The Morgan fingerprint density at radius 3 is 2.45 bits per heavy atom. The van der Waals surface area contributed by atoms with Crippen molar-refractivity contribution in [3.63, 3.8) is 0 Å². The molecule has 0 N–H and O–H groups in total. The molecular formula is C18H16ClN. The largest absolute Gasteiger partial charge is 0.256 e. The molecule has 1 heterocycles. The molecule has 20 heavy (non-hydrogen) atoms. The third kappa shape index (κ3) is 2.41. The molecule has 3 aromatic rings. The second-order valence-corrected chi connectivity index (χ2v) is 5.74. The third-order valence-corrected chi connectivity index (χ3v) is 3.80. The average molecular weight is 282 g/mol. The molecule has 0 saturated carbocycles. The van der Waals surface area contributed by atoms with Crippen LogP contribution in [0.3, 0.4) is 0 Å². The van der Waals surface area contributed by atoms with Gasteiger partial charge in [0.2, 0.25) is 0 Å². The predicted octanol–water partition coefficient (Wildman–Crippen LogP) is 5.68. The summed E-state index contributed by atoms with van der Waals surface area (Å²) in [4.78, 5) is 4.55. The molecule has 3 rings (SSSR count). The van der Waals surface area contributed by atoms with Crippen molar-refractivity contribution >= 4 is 22.5 Å². The maximum absolute atomic E-state index is 5.98. The summed E-state index contributed by atoms with van der Waals surface area (Å²) in [7, 11) is 0. The number of benzene rings is 2. The highest BCUT2D eigenvalue weighted by Crippen LogP contribution is 2.31. The fourth-order valence-corrected chi connectivity index (χ4v) is 2.52. The van der Waals surface area contributed by atoms with Crippen molar-refractivity contribution in [2.24, 2.45) is 0 Å². The van der Waals surface area contributed by atoms with Crippen LogP contribution in [0.25, 0.3) is 22.0 Å². The first-order valence-corrected chi connectivity index (χ1v) is 7.17. The van der Waals surface area contributed by atoms with E-state index in [4.69, 9.17) is 11.6 Å². The average Bonchev–Trinajstić information content (AvgIpc) is 2.47. The van der Waals surface area contributed by atoms with Crippen LogP contribution in [0.5, 0.6) is 0 Å². The van der Waals surface area contributed by atoms with Crippen LogP contribution >= 0.6 is 11.6 Å². The monoisotopic (exact) mass is 281 g/mol. The van der Waals surface area contributed by atoms with Gasteiger partial charge in [-0.25, -0.2) is 0 Å². The molecule has 0 bridgehead atoms. The summed E-state index contributed by atoms with van der Waals surface area (Å²) in [5, 5.41) is 1.94. The summed E-state index contributed by atoms with van der Waals surface area (Å²) in [6.45, 7) is 4.42. The standard InChI is InChI=1S/C18H16ClN/c1-12(2)15-10-14-4-3-9-20-18(14)17(11-15)13-5-7-16(19)8-6-13/h3-12H,1-2H3. The van der Waals surface area contributed by atoms with Gasteiger partial charge in [0.1, 0.15) is 0 Å². The number of halogens is 1. The quantitative estimate of drug-likeness (QED) is 0.589. The Hall–Kier alpha value is -1.86. The number of hydrogen-bond donors (Lipinski definition) is 0. The zero-order valence-corrected chi connectivity index (χ0v) is 12.4. The molecule has 1 nitrogen and oxygen atoms in total. The van der Waals surface area contributed by atoms with Crippen molar-refractivity contribution in [1.29, 1.82) is 0 Å². The first-order valence-electron chi connectivity index (χ1n) is 6.80. The fraction of sp³-hybridized carbons (Fsp3) is 0.167. The van der Waals surface area contributed by atoms with E-state index in [1.54, 1.807) is 0 Å². The van der Waals surface area contributed by atoms with Crippen LogP contribution < -0.4 is 0 Å². The lowest BCUT2D eigenvalue weighted by Gasteiger charge is -2.12. The van der Waals surface area contributed by atoms with Crippen LogP contribution in [-0.2, 0) is 0 Å². The van der Waals surface area contributed by atoms with E-state index < -0.39 is 0 Å². The number of rotatable bonds is 2. The number of nitrogens with zero attached hydrogens (tertiary/aromatic N) is 1. The van der Waals surface area contributed by atoms with Gasteiger partial charge in [-0.05, 0) is 47.4 Å². The Kier molecular flexibility index (Phi) is 3.45. The van der Waals surface area contributed by atoms with Crippen LogP contribution in [0.1, 0.15) is 25.3 Å². The maximum Gasteiger partial charge on any atom is 0.0780 e. The maximum atomic E-state index is 5.98. The second-order valence-electron chi connectivity index (χ2n) is 5.31. The van der Waals surface area contributed by atoms with E-state index in [0.717, 1.165) is 16.1 Å². The van der Waals surface area contributed by atoms with Gasteiger partial charge >= 0.3 is 0 Å². The molecule has 100 valence electrons. The van der Waals surface area contributed by atoms with Crippen molar-refractivity contribution in [2.45, 2.75) is 19.8 Å². The van der Waals surface area contributed by atoms with Crippen LogP contribution in [-0.4, -0.2) is 4.98 Å². The zero-order valence-electron chi connectivity index (χ0n) is 11.6. The van der Waals surface area contributed by atoms with Crippen molar-refractivity contribution < 1.29 is 0 Å². The first-order chi connectivity index (χ1) is 9.65. The summed E-state index contributed by atoms with van der Waals surface area (Å²) in [5.41, 5.74) is 4.69. The van der Waals surface area contributed by atoms with Crippen molar-refractivity contribution in [3.8, 4) is 11.1 Å². The van der Waals surface area contributed by atoms with Gasteiger partial charge < -0.3 is 0 Å². The SMILES string of the molecule is CC(C)c1cc(-c2ccc(Cl)cc2)c2ncccc2c1. The predicted molar refractivity (Wildman–Crippen MR) is 86.3 cm³/mol. The third-order valence-electron chi connectivity index (χ3n) is 3.55. The minimum atomic E-state index is 0.491. The highest BCUT2D eigenvalue weighted by Gasteiger charge is 2.09. The normalized spacial score (nSPS) is 11.2. The van der Waals surface area contributed by atoms with E-state index in [9.17, 15) is 0 Å². The fourth-order valence-electron chi connectivity index (χ4n) is 2.40. The molecule has 0 unspecified atom stereocenters. The van der Waals surface area contributed by atoms with Crippen molar-refractivity contribution in [2.75, 3.05) is 0 Å². The highest BCUT2D eigenvalue weighted by atomic mass is 35.5. The molecule has 0 fully saturated rings. The van der Waals surface area contributed by atoms with Gasteiger partial charge in [0, 0.05) is 22.2 Å². The van der Waals surface area contributed by atoms with Gasteiger partial charge in [-0.1, -0.05) is 43.6 Å². The summed E-state index contributed by atoms with van der Waals surface area (Å²) >= 11 is 5.98. The lowest BCUT2D eigenvalue weighted by Crippen LogP contribution is -1.92. The summed E-state index contributed by atoms with van der Waals surface area (Å²) < 4.78 is 0. The molecule has 0 radical (unpaired) electrons. The summed E-state index contributed by atoms with van der Waals surface area (Å²) in [5.74, 6) is 0.491. The Labute approximate surface area is 124 Å². The van der Waals surface area contributed by atoms with Gasteiger partial charge in [0.15, 0.2) is 0 Å². The first kappa shape index (κ1) is 13.1. The van der Waals surface area contributed by atoms with Crippen molar-refractivity contribution in [3.05, 3.63) is 65.3 Å². The van der Waals surface area contributed by atoms with Gasteiger partial charge in [-0.2, -0.15) is 0 Å². The van der Waals surface area contributed by atoms with E-state index in [1.165, 1.54) is 16.5 Å². The Morgan fingerprint density at radius 2 is 1.75 bits per heavy atom. The number of fused-ring (bicyclic) bond motifs is 1. The smallest absolute Gasteiger partial charge is 0.0780 e. The highest BCUT2D eigenvalue weighted by molar-refractivity contribution is 6.30. The van der Waals surface area contributed by atoms with E-state index in [1.807, 2.05) is 24.4 Å². The molecule has 1 aromatic heterocycles. The second kappa shape index (κ2) is 5.26. The molecule has 2 heteroatoms. The topological polar surface area (TPSA) is 12.9 Å². The number of hydrogen-bond acceptors (Lipinski definition) is 1. The van der Waals surface area contributed by atoms with Gasteiger partial charge in [-0.15, -0.1) is 0 Å². The molecule has 0 aliphatic heterocycles. The lowest BCUT2D eigenvalue weighted by atomic mass is 9.94. The Bertz CT molecular complexity index is 745. The molecular weight excluding hydrogens is 266 g/mol. The van der Waals surface area contributed by atoms with E-state index in [2.05, 4.69) is 49.2 Å². The van der Waals surface area contributed by atoms with Crippen LogP contribution in [0.4, 0.5) is 0 Å². The molecule has 0 aliphatic carbocycles. The van der Waals surface area contributed by atoms with E-state index in [0.29, 0.717) is 5.92 Å². The van der Waals surface area contributed by atoms with Gasteiger partial charge in [-0.3, -0.25) is 4.98 Å². The Balaban J connectivity index is 2.29. The van der Waals surface area contributed by atoms with Crippen LogP contribution in [0.2, 0.25) is 5.02 Å². The number of aromatic nitrogens is 1. The van der Waals surface area contributed by atoms with Gasteiger partial charge in [0.05, 0.1) is 5.52 Å². The van der Waals surface area contributed by atoms with Crippen LogP contribution in [0.15, 0.2) is 54.7 Å².